The fraction of sp³-hybridized carbons (Fsp3) is 0.0625. The molecule has 5 nitrogen and oxygen atoms in total. The Bertz CT molecular complexity index is 1070. The molecule has 0 unspecified atom stereocenters. The number of amides is 1. The van der Waals surface area contributed by atoms with Crippen LogP contribution in [0, 0.1) is 0 Å². The van der Waals surface area contributed by atoms with Crippen molar-refractivity contribution in [2.24, 2.45) is 0 Å². The highest BCUT2D eigenvalue weighted by molar-refractivity contribution is 7.80. The molecule has 0 aliphatic rings. The Morgan fingerprint density at radius 3 is 2.63 bits per heavy atom. The number of benzene rings is 2. The van der Waals surface area contributed by atoms with Crippen molar-refractivity contribution in [3.05, 3.63) is 49.9 Å². The second-order valence-corrected chi connectivity index (χ2v) is 8.17. The third kappa shape index (κ3) is 4.39. The van der Waals surface area contributed by atoms with E-state index in [2.05, 4.69) is 15.6 Å². The van der Waals surface area contributed by atoms with Crippen LogP contribution in [0.25, 0.3) is 10.2 Å². The van der Waals surface area contributed by atoms with Crippen LogP contribution in [-0.2, 0) is 0 Å². The largest absolute Gasteiger partial charge is 0.494 e. The van der Waals surface area contributed by atoms with Crippen LogP contribution < -0.4 is 15.4 Å². The molecule has 0 spiro atoms. The number of hydrogen-bond donors (Lipinski definition) is 2. The molecular formula is C16H9Cl4N3O2S2. The maximum Gasteiger partial charge on any atom is 0.261 e. The van der Waals surface area contributed by atoms with Crippen LogP contribution in [0.5, 0.6) is 5.75 Å². The smallest absolute Gasteiger partial charge is 0.261 e. The average molecular weight is 481 g/mol. The number of ether oxygens (including phenoxy) is 1. The number of carbonyl (C=O) groups is 1. The topological polar surface area (TPSA) is 63.2 Å². The number of methoxy groups -OCH3 is 1. The molecular weight excluding hydrogens is 472 g/mol. The molecule has 2 N–H and O–H groups in total. The number of thiocarbonyl (C=S) groups is 1. The van der Waals surface area contributed by atoms with E-state index in [0.717, 1.165) is 4.70 Å². The third-order valence-corrected chi connectivity index (χ3v) is 5.79. The quantitative estimate of drug-likeness (QED) is 0.447. The first kappa shape index (κ1) is 20.4. The highest BCUT2D eigenvalue weighted by Crippen LogP contribution is 2.35. The van der Waals surface area contributed by atoms with Crippen LogP contribution in [0.1, 0.15) is 10.4 Å². The van der Waals surface area contributed by atoms with Crippen molar-refractivity contribution in [2.45, 2.75) is 0 Å². The lowest BCUT2D eigenvalue weighted by molar-refractivity contribution is 0.0975. The van der Waals surface area contributed by atoms with Gasteiger partial charge in [0.05, 0.1) is 32.4 Å². The van der Waals surface area contributed by atoms with Crippen molar-refractivity contribution in [1.29, 1.82) is 0 Å². The first-order valence-electron chi connectivity index (χ1n) is 7.20. The first-order valence-corrected chi connectivity index (χ1v) is 9.93. The van der Waals surface area contributed by atoms with Gasteiger partial charge in [-0.2, -0.15) is 0 Å². The van der Waals surface area contributed by atoms with Crippen LogP contribution in [0.4, 0.5) is 5.13 Å². The van der Waals surface area contributed by atoms with E-state index in [0.29, 0.717) is 25.7 Å². The van der Waals surface area contributed by atoms with Gasteiger partial charge in [-0.3, -0.25) is 10.1 Å². The van der Waals surface area contributed by atoms with Crippen LogP contribution in [-0.4, -0.2) is 23.1 Å². The molecule has 1 heterocycles. The molecule has 1 amide bonds. The van der Waals surface area contributed by atoms with Crippen LogP contribution in [0.3, 0.4) is 0 Å². The van der Waals surface area contributed by atoms with Crippen molar-refractivity contribution < 1.29 is 9.53 Å². The third-order valence-electron chi connectivity index (χ3n) is 3.36. The molecule has 3 aromatic rings. The molecule has 27 heavy (non-hydrogen) atoms. The highest BCUT2D eigenvalue weighted by atomic mass is 35.5. The Morgan fingerprint density at radius 2 is 1.93 bits per heavy atom. The molecule has 0 atom stereocenters. The van der Waals surface area contributed by atoms with E-state index < -0.39 is 5.91 Å². The molecule has 0 aliphatic heterocycles. The van der Waals surface area contributed by atoms with E-state index in [4.69, 9.17) is 63.4 Å². The molecule has 0 saturated carbocycles. The van der Waals surface area contributed by atoms with Crippen molar-refractivity contribution >= 4 is 96.3 Å². The fourth-order valence-electron chi connectivity index (χ4n) is 2.23. The number of nitrogens with one attached hydrogen (secondary N) is 2. The van der Waals surface area contributed by atoms with E-state index >= 15 is 0 Å². The summed E-state index contributed by atoms with van der Waals surface area (Å²) in [6.07, 6.45) is 0. The minimum absolute atomic E-state index is 0.0411. The predicted molar refractivity (Wildman–Crippen MR) is 116 cm³/mol. The highest BCUT2D eigenvalue weighted by Gasteiger charge is 2.18. The molecule has 0 aliphatic carbocycles. The van der Waals surface area contributed by atoms with Gasteiger partial charge in [-0.05, 0) is 36.5 Å². The van der Waals surface area contributed by atoms with E-state index in [-0.39, 0.29) is 21.4 Å². The van der Waals surface area contributed by atoms with Gasteiger partial charge in [-0.1, -0.05) is 57.7 Å². The lowest BCUT2D eigenvalue weighted by atomic mass is 10.2. The molecule has 0 fully saturated rings. The minimum atomic E-state index is -0.532. The Kier molecular flexibility index (Phi) is 6.30. The van der Waals surface area contributed by atoms with Gasteiger partial charge in [-0.15, -0.1) is 0 Å². The van der Waals surface area contributed by atoms with Gasteiger partial charge >= 0.3 is 0 Å². The maximum absolute atomic E-state index is 12.5. The van der Waals surface area contributed by atoms with E-state index in [1.165, 1.54) is 30.6 Å². The zero-order chi connectivity index (χ0) is 19.7. The fourth-order valence-corrected chi connectivity index (χ4v) is 4.34. The zero-order valence-corrected chi connectivity index (χ0v) is 18.1. The predicted octanol–water partition coefficient (Wildman–Crippen LogP) is 6.05. The number of aromatic nitrogens is 1. The van der Waals surface area contributed by atoms with Gasteiger partial charge in [0.2, 0.25) is 0 Å². The standard InChI is InChI=1S/C16H9Cl4N3O2S2/c1-25-13-7(4-6(17)5-9(13)19)14(24)22-15(26)23-16-21-12-10(27-16)3-2-8(18)11(12)20/h2-5H,1H3,(H2,21,22,23,24,26). The molecule has 140 valence electrons. The van der Waals surface area contributed by atoms with Crippen molar-refractivity contribution in [3.63, 3.8) is 0 Å². The summed E-state index contributed by atoms with van der Waals surface area (Å²) in [6, 6.07) is 6.39. The van der Waals surface area contributed by atoms with Gasteiger partial charge in [0.15, 0.2) is 10.2 Å². The summed E-state index contributed by atoms with van der Waals surface area (Å²) >= 11 is 30.6. The van der Waals surface area contributed by atoms with Crippen LogP contribution in [0.2, 0.25) is 20.1 Å². The van der Waals surface area contributed by atoms with Crippen LogP contribution in [0.15, 0.2) is 24.3 Å². The number of hydrogen-bond acceptors (Lipinski definition) is 5. The Labute approximate surface area is 183 Å². The number of rotatable bonds is 3. The van der Waals surface area contributed by atoms with E-state index in [1.807, 2.05) is 0 Å². The average Bonchev–Trinajstić information content (AvgIpc) is 3.00. The summed E-state index contributed by atoms with van der Waals surface area (Å²) in [4.78, 5) is 16.8. The number of carbonyl (C=O) groups excluding carboxylic acids is 1. The minimum Gasteiger partial charge on any atom is -0.494 e. The second kappa shape index (κ2) is 8.34. The number of fused-ring (bicyclic) bond motifs is 1. The molecule has 11 heteroatoms. The molecule has 3 rings (SSSR count). The Hall–Kier alpha value is -1.35. The summed E-state index contributed by atoms with van der Waals surface area (Å²) in [6.45, 7) is 0. The monoisotopic (exact) mass is 479 g/mol. The van der Waals surface area contributed by atoms with E-state index in [9.17, 15) is 4.79 Å². The van der Waals surface area contributed by atoms with Gasteiger partial charge in [0.1, 0.15) is 11.3 Å². The van der Waals surface area contributed by atoms with Gasteiger partial charge in [0, 0.05) is 5.02 Å². The van der Waals surface area contributed by atoms with Gasteiger partial charge in [0.25, 0.3) is 5.91 Å². The molecule has 0 bridgehead atoms. The van der Waals surface area contributed by atoms with Crippen LogP contribution >= 0.6 is 70.0 Å². The van der Waals surface area contributed by atoms with Gasteiger partial charge < -0.3 is 10.1 Å². The van der Waals surface area contributed by atoms with Crippen molar-refractivity contribution in [1.82, 2.24) is 10.3 Å². The summed E-state index contributed by atoms with van der Waals surface area (Å²) in [5.41, 5.74) is 0.701. The summed E-state index contributed by atoms with van der Waals surface area (Å²) < 4.78 is 5.99. The number of nitrogens with zero attached hydrogens (tertiary/aromatic N) is 1. The van der Waals surface area contributed by atoms with Crippen molar-refractivity contribution in [3.8, 4) is 5.75 Å². The van der Waals surface area contributed by atoms with Gasteiger partial charge in [-0.25, -0.2) is 4.98 Å². The molecule has 1 aromatic heterocycles. The number of anilines is 1. The normalized spacial score (nSPS) is 10.7. The Balaban J connectivity index is 1.78. The maximum atomic E-state index is 12.5. The summed E-state index contributed by atoms with van der Waals surface area (Å²) in [5.74, 6) is -0.335. The summed E-state index contributed by atoms with van der Waals surface area (Å²) in [7, 11) is 1.40. The van der Waals surface area contributed by atoms with E-state index in [1.54, 1.807) is 12.1 Å². The lowest BCUT2D eigenvalue weighted by Crippen LogP contribution is -2.34. The lowest BCUT2D eigenvalue weighted by Gasteiger charge is -2.12. The van der Waals surface area contributed by atoms with Crippen molar-refractivity contribution in [2.75, 3.05) is 12.4 Å². The molecule has 0 radical (unpaired) electrons. The Morgan fingerprint density at radius 1 is 1.19 bits per heavy atom. The SMILES string of the molecule is COc1c(Cl)cc(Cl)cc1C(=O)NC(=S)Nc1nc2c(Cl)c(Cl)ccc2s1. The first-order chi connectivity index (χ1) is 12.8. The molecule has 2 aromatic carbocycles. The second-order valence-electron chi connectivity index (χ2n) is 5.10. The summed E-state index contributed by atoms with van der Waals surface area (Å²) in [5, 5.41) is 7.14. The number of halogens is 4. The molecule has 0 saturated heterocycles. The zero-order valence-electron chi connectivity index (χ0n) is 13.4. The number of thiazole rings is 1.